The van der Waals surface area contributed by atoms with Gasteiger partial charge in [-0.15, -0.1) is 11.3 Å². The van der Waals surface area contributed by atoms with Crippen molar-refractivity contribution in [2.24, 2.45) is 5.73 Å². The molecule has 16 heteroatoms. The van der Waals surface area contributed by atoms with Gasteiger partial charge in [-0.05, 0) is 51.7 Å². The number of carboxylic acid groups (broad SMARTS) is 1. The van der Waals surface area contributed by atoms with E-state index in [0.717, 1.165) is 18.3 Å². The standard InChI is InChI=1S/C28H47N5O9SSi/c1-17(35)33(20(14-34)22(37)38)23(39)28(29,16-41-44(8,9)27(5,6)7)21(36)19-15-43-24(31-19)32-12-10-18(11-13-32)30-25(40)42-26(2,3)4/h15,18,20,34H,10-14,16,29H2,1-9H3,(H,30,40)(H,37,38)/t20-,28+/m0/s1. The minimum Gasteiger partial charge on any atom is -0.480 e. The second-order valence-electron chi connectivity index (χ2n) is 13.5. The summed E-state index contributed by atoms with van der Waals surface area (Å²) in [7, 11) is -2.60. The number of aromatic nitrogens is 1. The van der Waals surface area contributed by atoms with Crippen molar-refractivity contribution in [3.63, 3.8) is 0 Å². The van der Waals surface area contributed by atoms with Gasteiger partial charge in [0.15, 0.2) is 25.0 Å². The fourth-order valence-corrected chi connectivity index (χ4v) is 6.04. The molecular weight excluding hydrogens is 610 g/mol. The van der Waals surface area contributed by atoms with Gasteiger partial charge in [-0.1, -0.05) is 20.8 Å². The van der Waals surface area contributed by atoms with Crippen LogP contribution in [0.15, 0.2) is 5.38 Å². The van der Waals surface area contributed by atoms with E-state index in [0.29, 0.717) is 36.0 Å². The van der Waals surface area contributed by atoms with Crippen molar-refractivity contribution in [1.82, 2.24) is 15.2 Å². The second kappa shape index (κ2) is 14.0. The molecule has 3 amide bonds. The Labute approximate surface area is 263 Å². The van der Waals surface area contributed by atoms with Crippen LogP contribution < -0.4 is 16.0 Å². The number of nitrogens with two attached hydrogens (primary N) is 1. The zero-order valence-corrected chi connectivity index (χ0v) is 28.9. The fraction of sp³-hybridized carbons (Fsp3) is 0.714. The predicted octanol–water partition coefficient (Wildman–Crippen LogP) is 2.36. The number of ketones is 1. The van der Waals surface area contributed by atoms with Crippen molar-refractivity contribution >= 4 is 54.4 Å². The first-order valence-corrected chi connectivity index (χ1v) is 18.2. The smallest absolute Gasteiger partial charge is 0.407 e. The number of aliphatic carboxylic acids is 1. The number of aliphatic hydroxyl groups excluding tert-OH is 1. The second-order valence-corrected chi connectivity index (χ2v) is 19.1. The van der Waals surface area contributed by atoms with Gasteiger partial charge in [0.1, 0.15) is 11.3 Å². The van der Waals surface area contributed by atoms with Gasteiger partial charge in [0.05, 0.1) is 13.2 Å². The van der Waals surface area contributed by atoms with Crippen LogP contribution in [0.5, 0.6) is 0 Å². The van der Waals surface area contributed by atoms with Gasteiger partial charge < -0.3 is 35.3 Å². The van der Waals surface area contributed by atoms with E-state index in [-0.39, 0.29) is 16.8 Å². The Balaban J connectivity index is 2.35. The van der Waals surface area contributed by atoms with Crippen molar-refractivity contribution in [3.05, 3.63) is 11.1 Å². The first-order chi connectivity index (χ1) is 20.0. The Morgan fingerprint density at radius 2 is 1.73 bits per heavy atom. The minimum absolute atomic E-state index is 0.102. The average molecular weight is 658 g/mol. The van der Waals surface area contributed by atoms with E-state index < -0.39 is 68.4 Å². The first kappa shape index (κ1) is 37.3. The van der Waals surface area contributed by atoms with E-state index in [4.69, 9.17) is 14.9 Å². The summed E-state index contributed by atoms with van der Waals surface area (Å²) in [5, 5.41) is 23.8. The molecule has 14 nitrogen and oxygen atoms in total. The maximum atomic E-state index is 14.0. The van der Waals surface area contributed by atoms with Gasteiger partial charge >= 0.3 is 12.1 Å². The van der Waals surface area contributed by atoms with Crippen molar-refractivity contribution in [1.29, 1.82) is 0 Å². The molecule has 0 radical (unpaired) electrons. The molecule has 0 aliphatic carbocycles. The van der Waals surface area contributed by atoms with Crippen LogP contribution in [0.1, 0.15) is 71.8 Å². The number of hydrogen-bond donors (Lipinski definition) is 4. The number of piperidine rings is 1. The number of hydrogen-bond acceptors (Lipinski definition) is 12. The Kier molecular flexibility index (Phi) is 11.9. The summed E-state index contributed by atoms with van der Waals surface area (Å²) in [6.07, 6.45) is 0.716. The van der Waals surface area contributed by atoms with E-state index in [9.17, 15) is 34.2 Å². The highest BCUT2D eigenvalue weighted by Crippen LogP contribution is 2.37. The van der Waals surface area contributed by atoms with E-state index >= 15 is 0 Å². The molecule has 0 aromatic carbocycles. The molecule has 2 heterocycles. The van der Waals surface area contributed by atoms with E-state index in [1.54, 1.807) is 20.8 Å². The number of thiazole rings is 1. The third-order valence-corrected chi connectivity index (χ3v) is 13.2. The van der Waals surface area contributed by atoms with Crippen molar-refractivity contribution < 1.29 is 43.3 Å². The number of ether oxygens (including phenoxy) is 1. The number of nitrogens with one attached hydrogen (secondary N) is 1. The average Bonchev–Trinajstić information content (AvgIpc) is 3.38. The lowest BCUT2D eigenvalue weighted by Crippen LogP contribution is -2.67. The van der Waals surface area contributed by atoms with Gasteiger partial charge in [-0.2, -0.15) is 0 Å². The zero-order chi connectivity index (χ0) is 33.8. The number of carboxylic acids is 1. The maximum absolute atomic E-state index is 14.0. The highest BCUT2D eigenvalue weighted by molar-refractivity contribution is 7.14. The quantitative estimate of drug-likeness (QED) is 0.154. The number of carbonyl (C=O) groups is 5. The third-order valence-electron chi connectivity index (χ3n) is 7.79. The topological polar surface area (TPSA) is 202 Å². The van der Waals surface area contributed by atoms with Gasteiger partial charge in [0.2, 0.25) is 11.7 Å². The first-order valence-electron chi connectivity index (χ1n) is 14.4. The van der Waals surface area contributed by atoms with Crippen molar-refractivity contribution in [2.75, 3.05) is 31.2 Å². The predicted molar refractivity (Wildman–Crippen MR) is 167 cm³/mol. The number of aliphatic hydroxyl groups is 1. The lowest BCUT2D eigenvalue weighted by atomic mass is 9.91. The lowest BCUT2D eigenvalue weighted by molar-refractivity contribution is -0.161. The molecule has 0 unspecified atom stereocenters. The summed E-state index contributed by atoms with van der Waals surface area (Å²) in [6.45, 7) is 15.3. The fourth-order valence-electron chi connectivity index (χ4n) is 4.16. The minimum atomic E-state index is -2.60. The van der Waals surface area contributed by atoms with E-state index in [1.165, 1.54) is 5.38 Å². The number of amides is 3. The van der Waals surface area contributed by atoms with Gasteiger partial charge in [0, 0.05) is 31.4 Å². The molecule has 2 rings (SSSR count). The number of nitrogens with zero attached hydrogens (tertiary/aromatic N) is 3. The molecule has 5 N–H and O–H groups in total. The van der Waals surface area contributed by atoms with Crippen LogP contribution in [0.3, 0.4) is 0 Å². The molecule has 0 spiro atoms. The zero-order valence-electron chi connectivity index (χ0n) is 27.1. The van der Waals surface area contributed by atoms with E-state index in [2.05, 4.69) is 10.3 Å². The normalized spacial score (nSPS) is 16.9. The van der Waals surface area contributed by atoms with Crippen LogP contribution in [-0.4, -0.2) is 108 Å². The van der Waals surface area contributed by atoms with Crippen LogP contribution in [0, 0.1) is 0 Å². The third kappa shape index (κ3) is 9.06. The van der Waals surface area contributed by atoms with Gasteiger partial charge in [0.25, 0.3) is 5.91 Å². The summed E-state index contributed by atoms with van der Waals surface area (Å²) in [5.74, 6) is -4.90. The molecule has 1 fully saturated rings. The number of Topliss-reactive ketones (excluding diaryl/α,β-unsaturated/α-hetero) is 1. The van der Waals surface area contributed by atoms with Gasteiger partial charge in [-0.3, -0.25) is 19.3 Å². The van der Waals surface area contributed by atoms with Crippen LogP contribution in [-0.2, 0) is 23.5 Å². The number of rotatable bonds is 11. The molecule has 2 atom stereocenters. The summed E-state index contributed by atoms with van der Waals surface area (Å²) in [6, 6.07) is -2.06. The molecule has 0 bridgehead atoms. The molecule has 1 aliphatic heterocycles. The molecule has 1 aromatic rings. The Hall–Kier alpha value is -2.92. The van der Waals surface area contributed by atoms with Crippen molar-refractivity contribution in [3.8, 4) is 0 Å². The molecular formula is C28H47N5O9SSi. The Bertz CT molecular complexity index is 1230. The molecule has 0 saturated carbocycles. The SMILES string of the molecule is CC(=O)N(C(=O)[C@@](N)(CO[Si](C)(C)C(C)(C)C)C(=O)c1csc(N2CCC(NC(=O)OC(C)(C)C)CC2)n1)[C@@H](CO)C(=O)O. The monoisotopic (exact) mass is 657 g/mol. The highest BCUT2D eigenvalue weighted by atomic mass is 32.1. The largest absolute Gasteiger partial charge is 0.480 e. The van der Waals surface area contributed by atoms with Crippen LogP contribution >= 0.6 is 11.3 Å². The number of carbonyl (C=O) groups excluding carboxylic acids is 4. The van der Waals surface area contributed by atoms with Gasteiger partial charge in [-0.25, -0.2) is 14.6 Å². The van der Waals surface area contributed by atoms with Crippen molar-refractivity contribution in [2.45, 2.75) is 103 Å². The molecule has 248 valence electrons. The molecule has 1 saturated heterocycles. The highest BCUT2D eigenvalue weighted by Gasteiger charge is 2.52. The van der Waals surface area contributed by atoms with E-state index in [1.807, 2.05) is 38.8 Å². The lowest BCUT2D eigenvalue weighted by Gasteiger charge is -2.40. The maximum Gasteiger partial charge on any atom is 0.407 e. The number of imide groups is 1. The Morgan fingerprint density at radius 1 is 1.16 bits per heavy atom. The van der Waals surface area contributed by atoms with Crippen LogP contribution in [0.2, 0.25) is 18.1 Å². The molecule has 1 aliphatic rings. The summed E-state index contributed by atoms with van der Waals surface area (Å²) < 4.78 is 11.5. The Morgan fingerprint density at radius 3 is 2.18 bits per heavy atom. The summed E-state index contributed by atoms with van der Waals surface area (Å²) >= 11 is 1.16. The van der Waals surface area contributed by atoms with Crippen LogP contribution in [0.4, 0.5) is 9.93 Å². The molecule has 44 heavy (non-hydrogen) atoms. The summed E-state index contributed by atoms with van der Waals surface area (Å²) in [5.41, 5.74) is 3.25. The number of anilines is 1. The number of alkyl carbamates (subject to hydrolysis) is 1. The van der Waals surface area contributed by atoms with Crippen LogP contribution in [0.25, 0.3) is 0 Å². The molecule has 1 aromatic heterocycles. The summed E-state index contributed by atoms with van der Waals surface area (Å²) in [4.78, 5) is 71.0.